The zero-order valence-electron chi connectivity index (χ0n) is 16.0. The third-order valence-corrected chi connectivity index (χ3v) is 6.19. The van der Waals surface area contributed by atoms with E-state index < -0.39 is 16.0 Å². The van der Waals surface area contributed by atoms with Gasteiger partial charge in [-0.05, 0) is 36.5 Å². The Labute approximate surface area is 160 Å². The Morgan fingerprint density at radius 1 is 1.22 bits per heavy atom. The Hall–Kier alpha value is -1.97. The highest BCUT2D eigenvalue weighted by Crippen LogP contribution is 2.21. The molecule has 1 aromatic rings. The van der Waals surface area contributed by atoms with E-state index in [1.807, 2.05) is 0 Å². The molecule has 0 saturated carbocycles. The van der Waals surface area contributed by atoms with Crippen LogP contribution in [0.5, 0.6) is 0 Å². The number of rotatable bonds is 6. The second kappa shape index (κ2) is 8.81. The van der Waals surface area contributed by atoms with Crippen molar-refractivity contribution in [3.63, 3.8) is 0 Å². The Bertz CT molecular complexity index is 785. The largest absolute Gasteiger partial charge is 0.452 e. The highest BCUT2D eigenvalue weighted by atomic mass is 32.2. The fourth-order valence-electron chi connectivity index (χ4n) is 3.20. The molecule has 2 atom stereocenters. The molecular weight excluding hydrogens is 372 g/mol. The predicted molar refractivity (Wildman–Crippen MR) is 98.2 cm³/mol. The first-order valence-electron chi connectivity index (χ1n) is 8.73. The number of hydrogen-bond donors (Lipinski definition) is 0. The Morgan fingerprint density at radius 3 is 2.44 bits per heavy atom. The number of sulfonamides is 1. The van der Waals surface area contributed by atoms with Crippen molar-refractivity contribution >= 4 is 21.9 Å². The molecule has 0 spiro atoms. The number of carbonyl (C=O) groups excluding carboxylic acids is 2. The van der Waals surface area contributed by atoms with E-state index in [0.717, 1.165) is 6.42 Å². The first-order valence-corrected chi connectivity index (χ1v) is 10.2. The third kappa shape index (κ3) is 5.27. The van der Waals surface area contributed by atoms with Crippen molar-refractivity contribution < 1.29 is 27.6 Å². The number of esters is 1. The lowest BCUT2D eigenvalue weighted by Crippen LogP contribution is -2.44. The molecule has 9 heteroatoms. The van der Waals surface area contributed by atoms with E-state index in [4.69, 9.17) is 9.57 Å². The van der Waals surface area contributed by atoms with Crippen molar-refractivity contribution in [2.24, 2.45) is 11.8 Å². The molecule has 0 aromatic heterocycles. The summed E-state index contributed by atoms with van der Waals surface area (Å²) in [4.78, 5) is 30.9. The van der Waals surface area contributed by atoms with E-state index in [1.54, 1.807) is 4.90 Å². The number of carbonyl (C=O) groups is 2. The van der Waals surface area contributed by atoms with Gasteiger partial charge in [0.2, 0.25) is 0 Å². The summed E-state index contributed by atoms with van der Waals surface area (Å²) < 4.78 is 30.3. The summed E-state index contributed by atoms with van der Waals surface area (Å²) in [5, 5.41) is 0. The van der Waals surface area contributed by atoms with E-state index in [1.165, 1.54) is 38.4 Å². The second-order valence-electron chi connectivity index (χ2n) is 6.95. The van der Waals surface area contributed by atoms with Crippen LogP contribution < -0.4 is 0 Å². The highest BCUT2D eigenvalue weighted by molar-refractivity contribution is 7.89. The Kier molecular flexibility index (Phi) is 6.96. The average molecular weight is 398 g/mol. The molecule has 1 amide bonds. The summed E-state index contributed by atoms with van der Waals surface area (Å²) in [6.45, 7) is 5.11. The van der Waals surface area contributed by atoms with Gasteiger partial charge in [-0.1, -0.05) is 24.4 Å². The van der Waals surface area contributed by atoms with E-state index in [9.17, 15) is 18.0 Å². The molecule has 1 aliphatic heterocycles. The van der Waals surface area contributed by atoms with Gasteiger partial charge in [0.15, 0.2) is 6.61 Å². The Balaban J connectivity index is 2.02. The summed E-state index contributed by atoms with van der Waals surface area (Å²) in [6, 6.07) is 5.42. The van der Waals surface area contributed by atoms with Crippen LogP contribution in [0.3, 0.4) is 0 Å². The smallest absolute Gasteiger partial charge is 0.338 e. The lowest BCUT2D eigenvalue weighted by molar-refractivity contribution is -0.137. The lowest BCUT2D eigenvalue weighted by atomic mass is 9.92. The van der Waals surface area contributed by atoms with Gasteiger partial charge in [0, 0.05) is 20.1 Å². The number of piperidine rings is 1. The number of ether oxygens (including phenoxy) is 1. The number of amides is 1. The predicted octanol–water partition coefficient (Wildman–Crippen LogP) is 1.53. The first-order chi connectivity index (χ1) is 12.6. The molecule has 8 nitrogen and oxygen atoms in total. The number of benzene rings is 1. The quantitative estimate of drug-likeness (QED) is 0.533. The summed E-state index contributed by atoms with van der Waals surface area (Å²) in [5.41, 5.74) is 0.0498. The van der Waals surface area contributed by atoms with Crippen LogP contribution in [0.25, 0.3) is 0 Å². The molecule has 0 N–H and O–H groups in total. The van der Waals surface area contributed by atoms with Crippen LogP contribution in [0.1, 0.15) is 30.6 Å². The van der Waals surface area contributed by atoms with Crippen molar-refractivity contribution in [2.75, 3.05) is 33.9 Å². The van der Waals surface area contributed by atoms with Crippen LogP contribution in [-0.2, 0) is 24.4 Å². The van der Waals surface area contributed by atoms with Gasteiger partial charge in [-0.2, -0.15) is 0 Å². The van der Waals surface area contributed by atoms with Crippen molar-refractivity contribution in [2.45, 2.75) is 25.2 Å². The van der Waals surface area contributed by atoms with E-state index >= 15 is 0 Å². The van der Waals surface area contributed by atoms with E-state index in [2.05, 4.69) is 13.8 Å². The zero-order chi connectivity index (χ0) is 20.2. The van der Waals surface area contributed by atoms with Gasteiger partial charge < -0.3 is 9.64 Å². The van der Waals surface area contributed by atoms with Crippen LogP contribution in [0, 0.1) is 11.8 Å². The maximum atomic E-state index is 12.3. The topological polar surface area (TPSA) is 93.2 Å². The standard InChI is InChI=1S/C18H26N2O6S/c1-13-8-14(2)11-20(10-13)17(21)12-26-18(22)15-6-5-7-16(9-15)27(23,24)19(3)25-4/h5-7,9,13-14H,8,10-12H2,1-4H3/t13-,14-/m0/s1. The number of hydroxylamine groups is 1. The van der Waals surface area contributed by atoms with Crippen LogP contribution in [0.15, 0.2) is 29.2 Å². The van der Waals surface area contributed by atoms with Crippen LogP contribution in [0.2, 0.25) is 0 Å². The van der Waals surface area contributed by atoms with E-state index in [0.29, 0.717) is 29.4 Å². The second-order valence-corrected chi connectivity index (χ2v) is 8.88. The summed E-state index contributed by atoms with van der Waals surface area (Å²) in [7, 11) is -1.40. The molecule has 1 saturated heterocycles. The summed E-state index contributed by atoms with van der Waals surface area (Å²) >= 11 is 0. The SMILES string of the molecule is CON(C)S(=O)(=O)c1cccc(C(=O)OCC(=O)N2C[C@@H](C)C[C@H](C)C2)c1. The maximum Gasteiger partial charge on any atom is 0.338 e. The van der Waals surface area contributed by atoms with Gasteiger partial charge in [-0.25, -0.2) is 13.2 Å². The fraction of sp³-hybridized carbons (Fsp3) is 0.556. The van der Waals surface area contributed by atoms with Crippen molar-refractivity contribution in [1.82, 2.24) is 9.37 Å². The Morgan fingerprint density at radius 2 is 1.85 bits per heavy atom. The molecule has 0 aliphatic carbocycles. The number of nitrogens with zero attached hydrogens (tertiary/aromatic N) is 2. The summed E-state index contributed by atoms with van der Waals surface area (Å²) in [6.07, 6.45) is 1.07. The van der Waals surface area contributed by atoms with Gasteiger partial charge in [0.25, 0.3) is 15.9 Å². The molecule has 1 fully saturated rings. The van der Waals surface area contributed by atoms with Crippen LogP contribution in [0.4, 0.5) is 0 Å². The monoisotopic (exact) mass is 398 g/mol. The molecule has 1 aliphatic rings. The molecule has 150 valence electrons. The fourth-order valence-corrected chi connectivity index (χ4v) is 4.22. The lowest BCUT2D eigenvalue weighted by Gasteiger charge is -2.34. The first kappa shape index (κ1) is 21.3. The van der Waals surface area contributed by atoms with Crippen LogP contribution >= 0.6 is 0 Å². The van der Waals surface area contributed by atoms with Crippen LogP contribution in [-0.4, -0.2) is 63.5 Å². The third-order valence-electron chi connectivity index (χ3n) is 4.51. The van der Waals surface area contributed by atoms with Gasteiger partial charge in [-0.3, -0.25) is 9.63 Å². The molecule has 0 bridgehead atoms. The molecule has 0 radical (unpaired) electrons. The van der Waals surface area contributed by atoms with Crippen molar-refractivity contribution in [3.05, 3.63) is 29.8 Å². The highest BCUT2D eigenvalue weighted by Gasteiger charge is 2.26. The van der Waals surface area contributed by atoms with E-state index in [-0.39, 0.29) is 23.0 Å². The van der Waals surface area contributed by atoms with Gasteiger partial charge in [0.05, 0.1) is 17.6 Å². The molecular formula is C18H26N2O6S. The molecule has 0 unspecified atom stereocenters. The minimum absolute atomic E-state index is 0.0498. The minimum atomic E-state index is -3.88. The number of hydrogen-bond acceptors (Lipinski definition) is 6. The number of likely N-dealkylation sites (tertiary alicyclic amines) is 1. The molecule has 2 rings (SSSR count). The molecule has 27 heavy (non-hydrogen) atoms. The minimum Gasteiger partial charge on any atom is -0.452 e. The normalized spacial score (nSPS) is 20.6. The van der Waals surface area contributed by atoms with Gasteiger partial charge in [0.1, 0.15) is 0 Å². The summed E-state index contributed by atoms with van der Waals surface area (Å²) in [5.74, 6) is -0.177. The molecule has 1 aromatic carbocycles. The van der Waals surface area contributed by atoms with Crippen molar-refractivity contribution in [3.8, 4) is 0 Å². The average Bonchev–Trinajstić information content (AvgIpc) is 2.64. The van der Waals surface area contributed by atoms with Crippen molar-refractivity contribution in [1.29, 1.82) is 0 Å². The molecule has 1 heterocycles. The maximum absolute atomic E-state index is 12.3. The van der Waals surface area contributed by atoms with Gasteiger partial charge >= 0.3 is 5.97 Å². The van der Waals surface area contributed by atoms with Gasteiger partial charge in [-0.15, -0.1) is 0 Å². The zero-order valence-corrected chi connectivity index (χ0v) is 16.9.